The minimum absolute atomic E-state index is 0.465. The van der Waals surface area contributed by atoms with E-state index in [-0.39, 0.29) is 0 Å². The lowest BCUT2D eigenvalue weighted by Gasteiger charge is -2.24. The van der Waals surface area contributed by atoms with Gasteiger partial charge in [-0.15, -0.1) is 0 Å². The fourth-order valence-corrected chi connectivity index (χ4v) is 5.89. The summed E-state index contributed by atoms with van der Waals surface area (Å²) in [6, 6.07) is 4.48. The van der Waals surface area contributed by atoms with Gasteiger partial charge in [0.05, 0.1) is 4.47 Å². The van der Waals surface area contributed by atoms with Crippen LogP contribution in [0.3, 0.4) is 0 Å². The molecule has 0 fully saturated rings. The average molecular weight is 478 g/mol. The van der Waals surface area contributed by atoms with Crippen molar-refractivity contribution in [3.63, 3.8) is 0 Å². The van der Waals surface area contributed by atoms with Gasteiger partial charge >= 0.3 is 0 Å². The predicted molar refractivity (Wildman–Crippen MR) is 115 cm³/mol. The highest BCUT2D eigenvalue weighted by atomic mass is 79.9. The Balaban J connectivity index is 1.71. The SMILES string of the molecule is Cc1c(Br)cc2c(c1CCc1c(O)c(Br)cc3c1CCCC3)CCCC2. The second kappa shape index (κ2) is 7.67. The summed E-state index contributed by atoms with van der Waals surface area (Å²) in [5.74, 6) is 0.465. The summed E-state index contributed by atoms with van der Waals surface area (Å²) in [5, 5.41) is 10.7. The molecule has 0 radical (unpaired) electrons. The third-order valence-electron chi connectivity index (χ3n) is 6.30. The molecule has 0 unspecified atom stereocenters. The molecule has 0 bridgehead atoms. The van der Waals surface area contributed by atoms with Gasteiger partial charge in [0.15, 0.2) is 0 Å². The number of fused-ring (bicyclic) bond motifs is 2. The van der Waals surface area contributed by atoms with E-state index in [4.69, 9.17) is 0 Å². The molecule has 2 aromatic rings. The van der Waals surface area contributed by atoms with Crippen molar-refractivity contribution in [2.75, 3.05) is 0 Å². The number of aryl methyl sites for hydroxylation is 2. The molecule has 0 aliphatic heterocycles. The van der Waals surface area contributed by atoms with Crippen molar-refractivity contribution in [3.8, 4) is 5.75 Å². The predicted octanol–water partition coefficient (Wildman–Crippen LogP) is 6.77. The van der Waals surface area contributed by atoms with E-state index >= 15 is 0 Å². The Labute approximate surface area is 173 Å². The Morgan fingerprint density at radius 2 is 1.27 bits per heavy atom. The maximum absolute atomic E-state index is 10.7. The number of halogens is 2. The van der Waals surface area contributed by atoms with Gasteiger partial charge in [0.1, 0.15) is 5.75 Å². The van der Waals surface area contributed by atoms with Crippen LogP contribution in [0.15, 0.2) is 21.1 Å². The highest BCUT2D eigenvalue weighted by molar-refractivity contribution is 9.10. The first-order valence-electron chi connectivity index (χ1n) is 9.88. The third-order valence-corrected chi connectivity index (χ3v) is 7.73. The van der Waals surface area contributed by atoms with E-state index in [1.54, 1.807) is 5.56 Å². The molecule has 138 valence electrons. The molecule has 2 aliphatic rings. The molecule has 1 nitrogen and oxygen atoms in total. The van der Waals surface area contributed by atoms with Crippen molar-refractivity contribution in [1.82, 2.24) is 0 Å². The van der Waals surface area contributed by atoms with E-state index in [1.807, 2.05) is 0 Å². The van der Waals surface area contributed by atoms with Crippen molar-refractivity contribution in [1.29, 1.82) is 0 Å². The quantitative estimate of drug-likeness (QED) is 0.517. The van der Waals surface area contributed by atoms with Gasteiger partial charge in [0.25, 0.3) is 0 Å². The van der Waals surface area contributed by atoms with Gasteiger partial charge in [-0.05, 0) is 138 Å². The molecule has 0 atom stereocenters. The van der Waals surface area contributed by atoms with Crippen LogP contribution < -0.4 is 0 Å². The summed E-state index contributed by atoms with van der Waals surface area (Å²) in [7, 11) is 0. The van der Waals surface area contributed by atoms with Gasteiger partial charge in [-0.3, -0.25) is 0 Å². The van der Waals surface area contributed by atoms with E-state index < -0.39 is 0 Å². The summed E-state index contributed by atoms with van der Waals surface area (Å²) in [5.41, 5.74) is 10.0. The summed E-state index contributed by atoms with van der Waals surface area (Å²) >= 11 is 7.36. The fraction of sp³-hybridized carbons (Fsp3) is 0.478. The molecule has 0 saturated heterocycles. The minimum atomic E-state index is 0.465. The Morgan fingerprint density at radius 3 is 1.92 bits per heavy atom. The highest BCUT2D eigenvalue weighted by Crippen LogP contribution is 2.39. The zero-order valence-electron chi connectivity index (χ0n) is 15.4. The molecule has 26 heavy (non-hydrogen) atoms. The summed E-state index contributed by atoms with van der Waals surface area (Å²) in [4.78, 5) is 0. The van der Waals surface area contributed by atoms with E-state index in [2.05, 4.69) is 50.9 Å². The Hall–Kier alpha value is -0.800. The molecule has 4 rings (SSSR count). The summed E-state index contributed by atoms with van der Waals surface area (Å²) < 4.78 is 2.11. The van der Waals surface area contributed by atoms with Crippen molar-refractivity contribution in [2.24, 2.45) is 0 Å². The molecule has 3 heteroatoms. The van der Waals surface area contributed by atoms with Crippen molar-refractivity contribution in [3.05, 3.63) is 60.0 Å². The second-order valence-corrected chi connectivity index (χ2v) is 9.55. The zero-order valence-corrected chi connectivity index (χ0v) is 18.6. The van der Waals surface area contributed by atoms with Gasteiger partial charge < -0.3 is 5.11 Å². The molecular weight excluding hydrogens is 452 g/mol. The number of benzene rings is 2. The van der Waals surface area contributed by atoms with Gasteiger partial charge in [-0.2, -0.15) is 0 Å². The Morgan fingerprint density at radius 1 is 0.769 bits per heavy atom. The smallest absolute Gasteiger partial charge is 0.133 e. The van der Waals surface area contributed by atoms with Crippen LogP contribution in [0.25, 0.3) is 0 Å². The first kappa shape index (κ1) is 18.6. The standard InChI is InChI=1S/C23H26Br2O/c1-14-17(18-8-4-2-6-15(18)12-21(14)24)10-11-20-19-9-5-3-7-16(19)13-22(25)23(20)26/h12-13,26H,2-11H2,1H3. The molecular formula is C23H26Br2O. The first-order chi connectivity index (χ1) is 12.6. The van der Waals surface area contributed by atoms with Gasteiger partial charge in [-0.25, -0.2) is 0 Å². The summed E-state index contributed by atoms with van der Waals surface area (Å²) in [6.45, 7) is 2.24. The maximum Gasteiger partial charge on any atom is 0.133 e. The van der Waals surface area contributed by atoms with Crippen molar-refractivity contribution >= 4 is 31.9 Å². The second-order valence-electron chi connectivity index (χ2n) is 7.84. The number of rotatable bonds is 3. The number of phenols is 1. The van der Waals surface area contributed by atoms with Crippen LogP contribution in [-0.2, 0) is 38.5 Å². The zero-order chi connectivity index (χ0) is 18.3. The van der Waals surface area contributed by atoms with Gasteiger partial charge in [0, 0.05) is 4.47 Å². The molecule has 1 N–H and O–H groups in total. The van der Waals surface area contributed by atoms with Crippen molar-refractivity contribution < 1.29 is 5.11 Å². The van der Waals surface area contributed by atoms with Crippen LogP contribution in [0.2, 0.25) is 0 Å². The normalized spacial score (nSPS) is 16.3. The molecule has 0 amide bonds. The number of hydrogen-bond donors (Lipinski definition) is 1. The lowest BCUT2D eigenvalue weighted by molar-refractivity contribution is 0.461. The fourth-order valence-electron chi connectivity index (χ4n) is 4.86. The topological polar surface area (TPSA) is 20.2 Å². The van der Waals surface area contributed by atoms with Crippen LogP contribution in [0, 0.1) is 6.92 Å². The Bertz CT molecular complexity index is 783. The van der Waals surface area contributed by atoms with Crippen LogP contribution in [-0.4, -0.2) is 5.11 Å². The lowest BCUT2D eigenvalue weighted by Crippen LogP contribution is -2.12. The third kappa shape index (κ3) is 3.38. The van der Waals surface area contributed by atoms with Crippen LogP contribution in [0.1, 0.15) is 64.6 Å². The highest BCUT2D eigenvalue weighted by Gasteiger charge is 2.21. The maximum atomic E-state index is 10.7. The molecule has 0 spiro atoms. The van der Waals surface area contributed by atoms with E-state index in [0.29, 0.717) is 5.75 Å². The van der Waals surface area contributed by atoms with E-state index in [0.717, 1.165) is 30.2 Å². The van der Waals surface area contributed by atoms with Crippen LogP contribution in [0.5, 0.6) is 5.75 Å². The molecule has 0 aromatic heterocycles. The van der Waals surface area contributed by atoms with Crippen LogP contribution >= 0.6 is 31.9 Å². The molecule has 0 heterocycles. The number of phenolic OH excluding ortho intramolecular Hbond substituents is 1. The largest absolute Gasteiger partial charge is 0.506 e. The molecule has 2 aliphatic carbocycles. The van der Waals surface area contributed by atoms with E-state index in [9.17, 15) is 5.11 Å². The first-order valence-corrected chi connectivity index (χ1v) is 11.5. The van der Waals surface area contributed by atoms with Gasteiger partial charge in [0.2, 0.25) is 0 Å². The summed E-state index contributed by atoms with van der Waals surface area (Å²) in [6.07, 6.45) is 11.7. The molecule has 2 aromatic carbocycles. The minimum Gasteiger partial charge on any atom is -0.506 e. The number of aromatic hydroxyl groups is 1. The molecule has 0 saturated carbocycles. The van der Waals surface area contributed by atoms with E-state index in [1.165, 1.54) is 76.4 Å². The van der Waals surface area contributed by atoms with Gasteiger partial charge in [-0.1, -0.05) is 15.9 Å². The lowest BCUT2D eigenvalue weighted by atomic mass is 9.82. The Kier molecular flexibility index (Phi) is 5.48. The monoisotopic (exact) mass is 476 g/mol. The number of hydrogen-bond acceptors (Lipinski definition) is 1. The van der Waals surface area contributed by atoms with Crippen molar-refractivity contribution in [2.45, 2.75) is 71.1 Å². The van der Waals surface area contributed by atoms with Crippen LogP contribution in [0.4, 0.5) is 0 Å². The average Bonchev–Trinajstić information content (AvgIpc) is 2.65.